The summed E-state index contributed by atoms with van der Waals surface area (Å²) in [5.41, 5.74) is 0.375. The SMILES string of the molecule is CCC(CO)(CO)NC(C)c1ccc2c(c1)OCO2. The van der Waals surface area contributed by atoms with Crippen LogP contribution in [-0.4, -0.2) is 35.8 Å². The Balaban J connectivity index is 2.13. The number of aliphatic hydroxyl groups excluding tert-OH is 2. The van der Waals surface area contributed by atoms with Gasteiger partial charge in [0.15, 0.2) is 11.5 Å². The molecule has 2 rings (SSSR count). The maximum absolute atomic E-state index is 9.46. The number of hydrogen-bond donors (Lipinski definition) is 3. The van der Waals surface area contributed by atoms with E-state index in [1.165, 1.54) is 0 Å². The molecule has 1 aromatic rings. The van der Waals surface area contributed by atoms with E-state index in [1.807, 2.05) is 32.0 Å². The molecule has 0 fully saturated rings. The van der Waals surface area contributed by atoms with Crippen LogP contribution in [0.3, 0.4) is 0 Å². The standard InChI is InChI=1S/C14H21NO4/c1-3-14(7-16,8-17)15-10(2)11-4-5-12-13(6-11)19-9-18-12/h4-6,10,15-17H,3,7-9H2,1-2H3. The average molecular weight is 267 g/mol. The van der Waals surface area contributed by atoms with Crippen LogP contribution in [0.2, 0.25) is 0 Å². The highest BCUT2D eigenvalue weighted by atomic mass is 16.7. The number of aliphatic hydroxyl groups is 2. The Morgan fingerprint density at radius 3 is 2.58 bits per heavy atom. The molecule has 0 saturated heterocycles. The zero-order valence-corrected chi connectivity index (χ0v) is 11.3. The summed E-state index contributed by atoms with van der Waals surface area (Å²) in [7, 11) is 0. The number of fused-ring (bicyclic) bond motifs is 1. The van der Waals surface area contributed by atoms with Crippen molar-refractivity contribution >= 4 is 0 Å². The van der Waals surface area contributed by atoms with Crippen LogP contribution in [0.25, 0.3) is 0 Å². The van der Waals surface area contributed by atoms with E-state index in [0.717, 1.165) is 17.1 Å². The molecule has 0 radical (unpaired) electrons. The Morgan fingerprint density at radius 1 is 1.26 bits per heavy atom. The summed E-state index contributed by atoms with van der Waals surface area (Å²) < 4.78 is 10.6. The Hall–Kier alpha value is -1.30. The van der Waals surface area contributed by atoms with Crippen molar-refractivity contribution < 1.29 is 19.7 Å². The van der Waals surface area contributed by atoms with E-state index in [9.17, 15) is 10.2 Å². The van der Waals surface area contributed by atoms with Gasteiger partial charge in [-0.3, -0.25) is 0 Å². The van der Waals surface area contributed by atoms with Gasteiger partial charge in [-0.05, 0) is 31.0 Å². The van der Waals surface area contributed by atoms with Gasteiger partial charge in [-0.15, -0.1) is 0 Å². The topological polar surface area (TPSA) is 71.0 Å². The summed E-state index contributed by atoms with van der Waals surface area (Å²) in [6.45, 7) is 3.98. The summed E-state index contributed by atoms with van der Waals surface area (Å²) in [6, 6.07) is 5.76. The monoisotopic (exact) mass is 267 g/mol. The fourth-order valence-corrected chi connectivity index (χ4v) is 2.19. The maximum atomic E-state index is 9.46. The van der Waals surface area contributed by atoms with Gasteiger partial charge in [0.2, 0.25) is 6.79 Å². The van der Waals surface area contributed by atoms with E-state index in [4.69, 9.17) is 9.47 Å². The summed E-state index contributed by atoms with van der Waals surface area (Å²) in [6.07, 6.45) is 0.648. The molecule has 1 atom stereocenters. The number of ether oxygens (including phenoxy) is 2. The Kier molecular flexibility index (Phi) is 4.29. The summed E-state index contributed by atoms with van der Waals surface area (Å²) in [5.74, 6) is 1.49. The first-order chi connectivity index (χ1) is 9.14. The molecule has 0 bridgehead atoms. The van der Waals surface area contributed by atoms with Crippen LogP contribution in [0.1, 0.15) is 31.9 Å². The van der Waals surface area contributed by atoms with Crippen LogP contribution in [0.5, 0.6) is 11.5 Å². The fourth-order valence-electron chi connectivity index (χ4n) is 2.19. The summed E-state index contributed by atoms with van der Waals surface area (Å²) >= 11 is 0. The normalized spacial score (nSPS) is 15.6. The lowest BCUT2D eigenvalue weighted by atomic mass is 9.95. The fraction of sp³-hybridized carbons (Fsp3) is 0.571. The molecule has 106 valence electrons. The highest BCUT2D eigenvalue weighted by Crippen LogP contribution is 2.34. The second-order valence-electron chi connectivity index (χ2n) is 4.93. The van der Waals surface area contributed by atoms with Gasteiger partial charge in [0.1, 0.15) is 0 Å². The van der Waals surface area contributed by atoms with Gasteiger partial charge < -0.3 is 25.0 Å². The molecular weight excluding hydrogens is 246 g/mol. The quantitative estimate of drug-likeness (QED) is 0.722. The molecule has 0 amide bonds. The predicted molar refractivity (Wildman–Crippen MR) is 71.3 cm³/mol. The predicted octanol–water partition coefficient (Wildman–Crippen LogP) is 1.20. The van der Waals surface area contributed by atoms with Gasteiger partial charge in [-0.1, -0.05) is 13.0 Å². The largest absolute Gasteiger partial charge is 0.454 e. The van der Waals surface area contributed by atoms with E-state index >= 15 is 0 Å². The molecule has 0 aliphatic carbocycles. The lowest BCUT2D eigenvalue weighted by Gasteiger charge is -2.33. The highest BCUT2D eigenvalue weighted by Gasteiger charge is 2.28. The maximum Gasteiger partial charge on any atom is 0.231 e. The van der Waals surface area contributed by atoms with Crippen molar-refractivity contribution in [3.63, 3.8) is 0 Å². The molecule has 0 saturated carbocycles. The van der Waals surface area contributed by atoms with Crippen molar-refractivity contribution in [2.75, 3.05) is 20.0 Å². The molecule has 1 aliphatic rings. The van der Waals surface area contributed by atoms with E-state index in [2.05, 4.69) is 5.32 Å². The first-order valence-corrected chi connectivity index (χ1v) is 6.53. The van der Waals surface area contributed by atoms with Crippen molar-refractivity contribution in [1.82, 2.24) is 5.32 Å². The second kappa shape index (κ2) is 5.77. The number of benzene rings is 1. The summed E-state index contributed by atoms with van der Waals surface area (Å²) in [4.78, 5) is 0. The number of nitrogens with one attached hydrogen (secondary N) is 1. The van der Waals surface area contributed by atoms with Crippen molar-refractivity contribution in [3.8, 4) is 11.5 Å². The Labute approximate surface area is 113 Å². The Morgan fingerprint density at radius 2 is 1.95 bits per heavy atom. The van der Waals surface area contributed by atoms with Crippen LogP contribution in [-0.2, 0) is 0 Å². The minimum atomic E-state index is -0.657. The van der Waals surface area contributed by atoms with Crippen LogP contribution in [0.4, 0.5) is 0 Å². The zero-order chi connectivity index (χ0) is 13.9. The van der Waals surface area contributed by atoms with Crippen LogP contribution < -0.4 is 14.8 Å². The molecule has 1 aliphatic heterocycles. The number of rotatable bonds is 6. The Bertz CT molecular complexity index is 423. The van der Waals surface area contributed by atoms with Crippen molar-refractivity contribution in [2.45, 2.75) is 31.8 Å². The van der Waals surface area contributed by atoms with Gasteiger partial charge in [0.25, 0.3) is 0 Å². The smallest absolute Gasteiger partial charge is 0.231 e. The van der Waals surface area contributed by atoms with E-state index < -0.39 is 5.54 Å². The highest BCUT2D eigenvalue weighted by molar-refractivity contribution is 5.45. The lowest BCUT2D eigenvalue weighted by Crippen LogP contribution is -2.52. The third-order valence-electron chi connectivity index (χ3n) is 3.70. The minimum absolute atomic E-state index is 0.00579. The lowest BCUT2D eigenvalue weighted by molar-refractivity contribution is 0.0793. The van der Waals surface area contributed by atoms with Gasteiger partial charge in [-0.2, -0.15) is 0 Å². The number of hydrogen-bond acceptors (Lipinski definition) is 5. The van der Waals surface area contributed by atoms with E-state index in [1.54, 1.807) is 0 Å². The zero-order valence-electron chi connectivity index (χ0n) is 11.3. The van der Waals surface area contributed by atoms with Crippen molar-refractivity contribution in [1.29, 1.82) is 0 Å². The molecule has 1 aromatic carbocycles. The first kappa shape index (κ1) is 14.1. The summed E-state index contributed by atoms with van der Waals surface area (Å²) in [5, 5.41) is 22.2. The molecule has 1 unspecified atom stereocenters. The average Bonchev–Trinajstić information content (AvgIpc) is 2.92. The molecule has 3 N–H and O–H groups in total. The van der Waals surface area contributed by atoms with Crippen molar-refractivity contribution in [3.05, 3.63) is 23.8 Å². The molecule has 1 heterocycles. The molecule has 5 nitrogen and oxygen atoms in total. The van der Waals surface area contributed by atoms with Crippen LogP contribution in [0.15, 0.2) is 18.2 Å². The van der Waals surface area contributed by atoms with Gasteiger partial charge in [0.05, 0.1) is 18.8 Å². The van der Waals surface area contributed by atoms with E-state index in [-0.39, 0.29) is 26.0 Å². The molecule has 0 aromatic heterocycles. The first-order valence-electron chi connectivity index (χ1n) is 6.53. The van der Waals surface area contributed by atoms with Gasteiger partial charge in [-0.25, -0.2) is 0 Å². The minimum Gasteiger partial charge on any atom is -0.454 e. The van der Waals surface area contributed by atoms with Crippen LogP contribution in [0, 0.1) is 0 Å². The molecule has 0 spiro atoms. The molecule has 5 heteroatoms. The molecule has 19 heavy (non-hydrogen) atoms. The van der Waals surface area contributed by atoms with Gasteiger partial charge in [0, 0.05) is 6.04 Å². The van der Waals surface area contributed by atoms with Crippen LogP contribution >= 0.6 is 0 Å². The second-order valence-corrected chi connectivity index (χ2v) is 4.93. The molecular formula is C14H21NO4. The third-order valence-corrected chi connectivity index (χ3v) is 3.70. The third kappa shape index (κ3) is 2.83. The van der Waals surface area contributed by atoms with Crippen molar-refractivity contribution in [2.24, 2.45) is 0 Å². The van der Waals surface area contributed by atoms with E-state index in [0.29, 0.717) is 6.42 Å². The van der Waals surface area contributed by atoms with Gasteiger partial charge >= 0.3 is 0 Å².